The predicted molar refractivity (Wildman–Crippen MR) is 76.7 cm³/mol. The summed E-state index contributed by atoms with van der Waals surface area (Å²) >= 11 is 0. The lowest BCUT2D eigenvalue weighted by Crippen LogP contribution is -2.51. The van der Waals surface area contributed by atoms with E-state index >= 15 is 0 Å². The van der Waals surface area contributed by atoms with Gasteiger partial charge in [-0.05, 0) is 18.1 Å². The van der Waals surface area contributed by atoms with E-state index in [9.17, 15) is 9.90 Å². The monoisotopic (exact) mass is 294 g/mol. The largest absolute Gasteiger partial charge is 0.459 e. The number of carbonyl (C=O) groups is 1. The molecule has 5 atom stereocenters. The first kappa shape index (κ1) is 15.9. The van der Waals surface area contributed by atoms with Gasteiger partial charge in [-0.1, -0.05) is 32.0 Å². The quantitative estimate of drug-likeness (QED) is 0.859. The van der Waals surface area contributed by atoms with Gasteiger partial charge in [-0.3, -0.25) is 0 Å². The standard InChI is InChI=1S/C16H22O5/c1-10-11(2)16(19-3)21-13(14(10)17)9-20-15(18)12-7-5-4-6-8-12/h4-8,10-11,13-14,16-17H,9H2,1-3H3. The van der Waals surface area contributed by atoms with E-state index in [1.54, 1.807) is 31.4 Å². The van der Waals surface area contributed by atoms with Crippen molar-refractivity contribution in [2.75, 3.05) is 13.7 Å². The molecule has 5 nitrogen and oxygen atoms in total. The molecule has 21 heavy (non-hydrogen) atoms. The summed E-state index contributed by atoms with van der Waals surface area (Å²) in [7, 11) is 1.57. The first-order valence-electron chi connectivity index (χ1n) is 7.13. The zero-order chi connectivity index (χ0) is 15.4. The molecule has 1 aliphatic heterocycles. The summed E-state index contributed by atoms with van der Waals surface area (Å²) in [6.45, 7) is 3.91. The maximum Gasteiger partial charge on any atom is 0.338 e. The Balaban J connectivity index is 1.94. The molecule has 2 rings (SSSR count). The molecule has 116 valence electrons. The van der Waals surface area contributed by atoms with Gasteiger partial charge in [0, 0.05) is 13.0 Å². The number of ether oxygens (including phenoxy) is 3. The van der Waals surface area contributed by atoms with Gasteiger partial charge in [0.25, 0.3) is 0 Å². The average molecular weight is 294 g/mol. The highest BCUT2D eigenvalue weighted by Gasteiger charge is 2.41. The second-order valence-electron chi connectivity index (χ2n) is 5.45. The molecule has 1 saturated heterocycles. The molecule has 1 aromatic carbocycles. The summed E-state index contributed by atoms with van der Waals surface area (Å²) in [5.41, 5.74) is 0.479. The molecule has 0 aliphatic carbocycles. The molecule has 1 aromatic rings. The van der Waals surface area contributed by atoms with Crippen LogP contribution in [-0.4, -0.2) is 43.3 Å². The molecule has 0 spiro atoms. The molecule has 0 aromatic heterocycles. The average Bonchev–Trinajstić information content (AvgIpc) is 2.52. The Labute approximate surface area is 124 Å². The van der Waals surface area contributed by atoms with E-state index in [1.165, 1.54) is 0 Å². The minimum Gasteiger partial charge on any atom is -0.459 e. The van der Waals surface area contributed by atoms with E-state index in [1.807, 2.05) is 19.9 Å². The topological polar surface area (TPSA) is 65.0 Å². The van der Waals surface area contributed by atoms with Crippen LogP contribution in [0.1, 0.15) is 24.2 Å². The van der Waals surface area contributed by atoms with Gasteiger partial charge in [-0.2, -0.15) is 0 Å². The van der Waals surface area contributed by atoms with Crippen molar-refractivity contribution >= 4 is 5.97 Å². The molecule has 0 amide bonds. The first-order chi connectivity index (χ1) is 10.0. The van der Waals surface area contributed by atoms with Gasteiger partial charge >= 0.3 is 5.97 Å². The van der Waals surface area contributed by atoms with Crippen LogP contribution in [0.2, 0.25) is 0 Å². The Bertz CT molecular complexity index is 459. The fourth-order valence-electron chi connectivity index (χ4n) is 2.50. The number of carbonyl (C=O) groups excluding carboxylic acids is 1. The maximum atomic E-state index is 11.9. The van der Waals surface area contributed by atoms with Crippen LogP contribution in [-0.2, 0) is 14.2 Å². The Kier molecular flexibility index (Phi) is 5.33. The molecule has 5 heteroatoms. The lowest BCUT2D eigenvalue weighted by molar-refractivity contribution is -0.259. The van der Waals surface area contributed by atoms with Crippen molar-refractivity contribution in [2.24, 2.45) is 11.8 Å². The molecule has 1 N–H and O–H groups in total. The van der Waals surface area contributed by atoms with Crippen LogP contribution in [0.5, 0.6) is 0 Å². The number of hydrogen-bond acceptors (Lipinski definition) is 5. The van der Waals surface area contributed by atoms with Crippen molar-refractivity contribution in [3.8, 4) is 0 Å². The van der Waals surface area contributed by atoms with E-state index in [0.29, 0.717) is 5.56 Å². The molecule has 0 saturated carbocycles. The maximum absolute atomic E-state index is 11.9. The van der Waals surface area contributed by atoms with Crippen LogP contribution < -0.4 is 0 Å². The van der Waals surface area contributed by atoms with Crippen molar-refractivity contribution in [2.45, 2.75) is 32.3 Å². The Morgan fingerprint density at radius 1 is 1.24 bits per heavy atom. The fourth-order valence-corrected chi connectivity index (χ4v) is 2.50. The fraction of sp³-hybridized carbons (Fsp3) is 0.562. The minimum absolute atomic E-state index is 0.00382. The summed E-state index contributed by atoms with van der Waals surface area (Å²) in [5, 5.41) is 10.2. The number of aliphatic hydroxyl groups excluding tert-OH is 1. The summed E-state index contributed by atoms with van der Waals surface area (Å²) in [5.74, 6) is -0.346. The molecule has 0 bridgehead atoms. The van der Waals surface area contributed by atoms with E-state index in [4.69, 9.17) is 14.2 Å². The number of benzene rings is 1. The molecule has 1 fully saturated rings. The smallest absolute Gasteiger partial charge is 0.338 e. The predicted octanol–water partition coefficient (Wildman–Crippen LogP) is 1.85. The van der Waals surface area contributed by atoms with Gasteiger partial charge in [-0.25, -0.2) is 4.79 Å². The van der Waals surface area contributed by atoms with Crippen molar-refractivity contribution in [3.05, 3.63) is 35.9 Å². The zero-order valence-electron chi connectivity index (χ0n) is 12.6. The molecular weight excluding hydrogens is 272 g/mol. The summed E-state index contributed by atoms with van der Waals surface area (Å²) < 4.78 is 16.2. The third-order valence-corrected chi connectivity index (χ3v) is 4.11. The zero-order valence-corrected chi connectivity index (χ0v) is 12.6. The second kappa shape index (κ2) is 7.02. The van der Waals surface area contributed by atoms with Crippen LogP contribution in [0.25, 0.3) is 0 Å². The third-order valence-electron chi connectivity index (χ3n) is 4.11. The highest BCUT2D eigenvalue weighted by molar-refractivity contribution is 5.89. The Hall–Kier alpha value is -1.43. The van der Waals surface area contributed by atoms with Crippen molar-refractivity contribution in [3.63, 3.8) is 0 Å². The highest BCUT2D eigenvalue weighted by Crippen LogP contribution is 2.31. The second-order valence-corrected chi connectivity index (χ2v) is 5.45. The SMILES string of the molecule is COC1OC(COC(=O)c2ccccc2)C(O)C(C)C1C. The number of hydrogen-bond donors (Lipinski definition) is 1. The van der Waals surface area contributed by atoms with E-state index < -0.39 is 24.5 Å². The Morgan fingerprint density at radius 2 is 1.90 bits per heavy atom. The van der Waals surface area contributed by atoms with E-state index in [2.05, 4.69) is 0 Å². The lowest BCUT2D eigenvalue weighted by Gasteiger charge is -2.41. The van der Waals surface area contributed by atoms with E-state index in [0.717, 1.165) is 0 Å². The first-order valence-corrected chi connectivity index (χ1v) is 7.13. The van der Waals surface area contributed by atoms with Crippen molar-refractivity contribution in [1.82, 2.24) is 0 Å². The number of aliphatic hydroxyl groups is 1. The normalized spacial score (nSPS) is 32.7. The summed E-state index contributed by atoms with van der Waals surface area (Å²) in [6.07, 6.45) is -1.66. The molecular formula is C16H22O5. The summed E-state index contributed by atoms with van der Waals surface area (Å²) in [4.78, 5) is 11.9. The van der Waals surface area contributed by atoms with Crippen molar-refractivity contribution in [1.29, 1.82) is 0 Å². The van der Waals surface area contributed by atoms with E-state index in [-0.39, 0.29) is 18.4 Å². The highest BCUT2D eigenvalue weighted by atomic mass is 16.7. The molecule has 0 radical (unpaired) electrons. The van der Waals surface area contributed by atoms with Crippen LogP contribution in [0.3, 0.4) is 0 Å². The number of rotatable bonds is 4. The van der Waals surface area contributed by atoms with Gasteiger partial charge in [0.2, 0.25) is 0 Å². The number of methoxy groups -OCH3 is 1. The van der Waals surface area contributed by atoms with Gasteiger partial charge in [-0.15, -0.1) is 0 Å². The number of esters is 1. The van der Waals surface area contributed by atoms with Crippen LogP contribution in [0, 0.1) is 11.8 Å². The Morgan fingerprint density at radius 3 is 2.52 bits per heavy atom. The van der Waals surface area contributed by atoms with Crippen LogP contribution >= 0.6 is 0 Å². The van der Waals surface area contributed by atoms with Gasteiger partial charge in [0.15, 0.2) is 6.29 Å². The summed E-state index contributed by atoms with van der Waals surface area (Å²) in [6, 6.07) is 8.74. The lowest BCUT2D eigenvalue weighted by atomic mass is 9.85. The van der Waals surface area contributed by atoms with Gasteiger partial charge < -0.3 is 19.3 Å². The van der Waals surface area contributed by atoms with Crippen molar-refractivity contribution < 1.29 is 24.1 Å². The third kappa shape index (κ3) is 3.61. The van der Waals surface area contributed by atoms with Crippen LogP contribution in [0.4, 0.5) is 0 Å². The van der Waals surface area contributed by atoms with Gasteiger partial charge in [0.05, 0.1) is 11.7 Å². The molecule has 5 unspecified atom stereocenters. The van der Waals surface area contributed by atoms with Gasteiger partial charge in [0.1, 0.15) is 12.7 Å². The minimum atomic E-state index is -0.685. The van der Waals surface area contributed by atoms with Crippen LogP contribution in [0.15, 0.2) is 30.3 Å². The molecule has 1 heterocycles. The molecule has 1 aliphatic rings.